The molecule has 3 fully saturated rings. The van der Waals surface area contributed by atoms with Crippen LogP contribution in [0.4, 0.5) is 17.6 Å². The van der Waals surface area contributed by atoms with E-state index >= 15 is 0 Å². The fraction of sp³-hybridized carbons (Fsp3) is 0.889. The number of alkyl halides is 4. The summed E-state index contributed by atoms with van der Waals surface area (Å²) in [6.07, 6.45) is -6.30. The van der Waals surface area contributed by atoms with Gasteiger partial charge in [0.1, 0.15) is 12.2 Å². The van der Waals surface area contributed by atoms with Gasteiger partial charge >= 0.3 is 6.18 Å². The summed E-state index contributed by atoms with van der Waals surface area (Å²) in [5.41, 5.74) is 8.03. The summed E-state index contributed by atoms with van der Waals surface area (Å²) in [5.74, 6) is -2.55. The highest BCUT2D eigenvalue weighted by Gasteiger charge is 2.52. The molecule has 31 heavy (non-hydrogen) atoms. The number of amides is 1. The van der Waals surface area contributed by atoms with E-state index in [2.05, 4.69) is 37.2 Å². The van der Waals surface area contributed by atoms with Gasteiger partial charge in [-0.2, -0.15) is 13.2 Å². The maximum atomic E-state index is 14.5. The summed E-state index contributed by atoms with van der Waals surface area (Å²) in [6.45, 7) is 6.83. The zero-order valence-corrected chi connectivity index (χ0v) is 18.1. The molecule has 9 nitrogen and oxygen atoms in total. The first-order valence-corrected chi connectivity index (χ1v) is 10.4. The summed E-state index contributed by atoms with van der Waals surface area (Å²) in [7, 11) is 1.45. The van der Waals surface area contributed by atoms with E-state index in [-0.39, 0.29) is 30.5 Å². The molecule has 6 atom stereocenters. The minimum atomic E-state index is -4.58. The van der Waals surface area contributed by atoms with E-state index in [4.69, 9.17) is 0 Å². The van der Waals surface area contributed by atoms with Crippen molar-refractivity contribution in [3.8, 4) is 0 Å². The molecule has 0 spiro atoms. The number of piperidine rings is 1. The summed E-state index contributed by atoms with van der Waals surface area (Å²) in [5, 5.41) is 9.76. The fourth-order valence-corrected chi connectivity index (χ4v) is 4.03. The van der Waals surface area contributed by atoms with Crippen LogP contribution in [0, 0.1) is 17.3 Å². The third kappa shape index (κ3) is 6.04. The molecule has 0 aromatic carbocycles. The Morgan fingerprint density at radius 3 is 2.55 bits per heavy atom. The number of nitrogens with one attached hydrogen (secondary N) is 6. The predicted octanol–water partition coefficient (Wildman–Crippen LogP) is -0.549. The van der Waals surface area contributed by atoms with Crippen molar-refractivity contribution >= 4 is 11.9 Å². The van der Waals surface area contributed by atoms with E-state index in [0.717, 1.165) is 0 Å². The van der Waals surface area contributed by atoms with Crippen LogP contribution in [-0.2, 0) is 4.79 Å². The van der Waals surface area contributed by atoms with Gasteiger partial charge in [-0.15, -0.1) is 0 Å². The van der Waals surface area contributed by atoms with Crippen LogP contribution in [0.15, 0.2) is 4.99 Å². The van der Waals surface area contributed by atoms with E-state index in [1.807, 2.05) is 20.8 Å². The minimum absolute atomic E-state index is 0.0288. The molecule has 6 N–H and O–H groups in total. The van der Waals surface area contributed by atoms with Gasteiger partial charge in [-0.1, -0.05) is 20.8 Å². The van der Waals surface area contributed by atoms with Crippen LogP contribution in [-0.4, -0.2) is 80.7 Å². The molecule has 0 radical (unpaired) electrons. The van der Waals surface area contributed by atoms with Gasteiger partial charge in [-0.3, -0.25) is 20.5 Å². The lowest BCUT2D eigenvalue weighted by atomic mass is 9.90. The van der Waals surface area contributed by atoms with Gasteiger partial charge in [0.2, 0.25) is 5.91 Å². The van der Waals surface area contributed by atoms with Crippen LogP contribution in [0.2, 0.25) is 0 Å². The third-order valence-corrected chi connectivity index (χ3v) is 5.56. The van der Waals surface area contributed by atoms with Gasteiger partial charge in [-0.05, 0) is 5.41 Å². The van der Waals surface area contributed by atoms with E-state index < -0.39 is 42.3 Å². The molecule has 0 bridgehead atoms. The Labute approximate surface area is 179 Å². The van der Waals surface area contributed by atoms with Gasteiger partial charge in [-0.25, -0.2) is 20.3 Å². The van der Waals surface area contributed by atoms with E-state index in [0.29, 0.717) is 13.1 Å². The molecule has 3 aliphatic rings. The van der Waals surface area contributed by atoms with Crippen LogP contribution >= 0.6 is 0 Å². The van der Waals surface area contributed by atoms with Crippen molar-refractivity contribution in [1.29, 1.82) is 0 Å². The normalized spacial score (nSPS) is 35.2. The predicted molar refractivity (Wildman–Crippen MR) is 107 cm³/mol. The summed E-state index contributed by atoms with van der Waals surface area (Å²) < 4.78 is 54.6. The first-order valence-electron chi connectivity index (χ1n) is 10.4. The van der Waals surface area contributed by atoms with Gasteiger partial charge in [0.15, 0.2) is 5.96 Å². The van der Waals surface area contributed by atoms with Crippen LogP contribution in [0.1, 0.15) is 20.8 Å². The highest BCUT2D eigenvalue weighted by molar-refractivity contribution is 5.98. The standard InChI is InChI=1S/C18H32F4N8O/c1-17(2,3)8-24-16(25-14-12-10(19)5-23-6-11(12)27-28-14)26-15(31)9-7-30(4)29-13(9)18(20,21)22/h9-14,23,27-29H,5-8H2,1-4H3,(H2,24,25,26,31). The van der Waals surface area contributed by atoms with Crippen molar-refractivity contribution in [2.24, 2.45) is 22.2 Å². The Balaban J connectivity index is 1.74. The lowest BCUT2D eigenvalue weighted by molar-refractivity contribution is -0.168. The third-order valence-electron chi connectivity index (χ3n) is 5.56. The number of rotatable bonds is 3. The SMILES string of the molecule is CN1CC(C(=O)NC(=NCC(C)(C)C)NC2NNC3CNCC(F)C32)C(C(F)(F)F)N1. The van der Waals surface area contributed by atoms with Crippen LogP contribution in [0.3, 0.4) is 0 Å². The zero-order valence-electron chi connectivity index (χ0n) is 18.1. The van der Waals surface area contributed by atoms with E-state index in [1.165, 1.54) is 12.1 Å². The molecule has 3 heterocycles. The number of fused-ring (bicyclic) bond motifs is 1. The van der Waals surface area contributed by atoms with Crippen LogP contribution in [0.5, 0.6) is 0 Å². The molecular formula is C18H32F4N8O. The van der Waals surface area contributed by atoms with E-state index in [1.54, 1.807) is 0 Å². The maximum absolute atomic E-state index is 14.5. The molecule has 0 saturated carbocycles. The molecule has 0 aliphatic carbocycles. The number of carbonyl (C=O) groups is 1. The van der Waals surface area contributed by atoms with Crippen molar-refractivity contribution in [3.05, 3.63) is 0 Å². The molecule has 13 heteroatoms. The minimum Gasteiger partial charge on any atom is -0.339 e. The Morgan fingerprint density at radius 1 is 1.19 bits per heavy atom. The lowest BCUT2D eigenvalue weighted by Gasteiger charge is -2.32. The largest absolute Gasteiger partial charge is 0.405 e. The zero-order chi connectivity index (χ0) is 23.0. The van der Waals surface area contributed by atoms with Crippen molar-refractivity contribution in [1.82, 2.24) is 37.2 Å². The van der Waals surface area contributed by atoms with Gasteiger partial charge in [0.25, 0.3) is 0 Å². The number of halogens is 4. The molecule has 0 aromatic rings. The average Bonchev–Trinajstić information content (AvgIpc) is 3.23. The van der Waals surface area contributed by atoms with Crippen molar-refractivity contribution in [2.45, 2.75) is 51.4 Å². The highest BCUT2D eigenvalue weighted by Crippen LogP contribution is 2.30. The second-order valence-electron chi connectivity index (χ2n) is 9.62. The second kappa shape index (κ2) is 9.14. The number of nitrogens with zero attached hydrogens (tertiary/aromatic N) is 2. The van der Waals surface area contributed by atoms with Crippen molar-refractivity contribution in [2.75, 3.05) is 33.2 Å². The summed E-state index contributed by atoms with van der Waals surface area (Å²) >= 11 is 0. The van der Waals surface area contributed by atoms with Gasteiger partial charge in [0.05, 0.1) is 12.1 Å². The Kier molecular flexibility index (Phi) is 7.11. The van der Waals surface area contributed by atoms with Crippen molar-refractivity contribution < 1.29 is 22.4 Å². The lowest BCUT2D eigenvalue weighted by Crippen LogP contribution is -2.58. The molecule has 3 saturated heterocycles. The first-order chi connectivity index (χ1) is 14.3. The number of hydrogen-bond acceptors (Lipinski definition) is 7. The quantitative estimate of drug-likeness (QED) is 0.194. The smallest absolute Gasteiger partial charge is 0.339 e. The highest BCUT2D eigenvalue weighted by atomic mass is 19.4. The Bertz CT molecular complexity index is 682. The fourth-order valence-electron chi connectivity index (χ4n) is 4.03. The Morgan fingerprint density at radius 2 is 1.90 bits per heavy atom. The van der Waals surface area contributed by atoms with Gasteiger partial charge < -0.3 is 10.6 Å². The van der Waals surface area contributed by atoms with Crippen LogP contribution < -0.4 is 32.2 Å². The molecule has 3 aliphatic heterocycles. The van der Waals surface area contributed by atoms with Crippen LogP contribution in [0.25, 0.3) is 0 Å². The molecule has 1 amide bonds. The number of guanidine groups is 1. The molecule has 6 unspecified atom stereocenters. The first kappa shape index (κ1) is 24.1. The molecule has 178 valence electrons. The average molecular weight is 453 g/mol. The Hall–Kier alpha value is -1.54. The van der Waals surface area contributed by atoms with Crippen molar-refractivity contribution in [3.63, 3.8) is 0 Å². The number of aliphatic imine (C=N–C) groups is 1. The van der Waals surface area contributed by atoms with Gasteiger partial charge in [0, 0.05) is 45.2 Å². The number of hydrogen-bond donors (Lipinski definition) is 6. The topological polar surface area (TPSA) is 105 Å². The molecular weight excluding hydrogens is 420 g/mol. The monoisotopic (exact) mass is 452 g/mol. The number of hydrazine groups is 2. The molecule has 0 aromatic heterocycles. The number of carbonyl (C=O) groups excluding carboxylic acids is 1. The summed E-state index contributed by atoms with van der Waals surface area (Å²) in [4.78, 5) is 17.2. The maximum Gasteiger partial charge on any atom is 0.405 e. The summed E-state index contributed by atoms with van der Waals surface area (Å²) in [6, 6.07) is -2.15. The molecule has 3 rings (SSSR count). The second-order valence-corrected chi connectivity index (χ2v) is 9.62. The van der Waals surface area contributed by atoms with E-state index in [9.17, 15) is 22.4 Å².